The highest BCUT2D eigenvalue weighted by atomic mass is 16.5. The minimum absolute atomic E-state index is 0.829. The van der Waals surface area contributed by atoms with Crippen molar-refractivity contribution in [1.82, 2.24) is 9.55 Å². The average Bonchev–Trinajstić information content (AvgIpc) is 3.30. The Balaban J connectivity index is 1.72. The fourth-order valence-corrected chi connectivity index (χ4v) is 3.85. The molecule has 28 heavy (non-hydrogen) atoms. The third-order valence-corrected chi connectivity index (χ3v) is 5.28. The van der Waals surface area contributed by atoms with Crippen molar-refractivity contribution < 1.29 is 9.47 Å². The van der Waals surface area contributed by atoms with E-state index in [0.717, 1.165) is 46.4 Å². The lowest BCUT2D eigenvalue weighted by atomic mass is 10.0. The van der Waals surface area contributed by atoms with Crippen LogP contribution in [0.5, 0.6) is 11.5 Å². The Morgan fingerprint density at radius 3 is 2.00 bits per heavy atom. The minimum Gasteiger partial charge on any atom is -0.497 e. The van der Waals surface area contributed by atoms with Gasteiger partial charge in [-0.05, 0) is 54.1 Å². The molecule has 138 valence electrons. The molecule has 0 saturated carbocycles. The summed E-state index contributed by atoms with van der Waals surface area (Å²) in [6.45, 7) is 0.829. The van der Waals surface area contributed by atoms with Crippen LogP contribution in [0.1, 0.15) is 5.56 Å². The molecule has 2 heterocycles. The molecule has 5 rings (SSSR count). The predicted octanol–water partition coefficient (Wildman–Crippen LogP) is 5.26. The second-order valence-electron chi connectivity index (χ2n) is 6.83. The van der Waals surface area contributed by atoms with Crippen LogP contribution in [0.2, 0.25) is 0 Å². The van der Waals surface area contributed by atoms with Gasteiger partial charge in [-0.25, -0.2) is 4.98 Å². The highest BCUT2D eigenvalue weighted by Crippen LogP contribution is 2.41. The van der Waals surface area contributed by atoms with Crippen molar-refractivity contribution in [2.75, 3.05) is 14.2 Å². The van der Waals surface area contributed by atoms with Crippen molar-refractivity contribution in [3.05, 3.63) is 78.4 Å². The number of ether oxygens (including phenoxy) is 2. The van der Waals surface area contributed by atoms with Crippen molar-refractivity contribution in [3.63, 3.8) is 0 Å². The molecule has 0 fully saturated rings. The zero-order valence-electron chi connectivity index (χ0n) is 15.8. The Morgan fingerprint density at radius 1 is 0.750 bits per heavy atom. The summed E-state index contributed by atoms with van der Waals surface area (Å²) in [5, 5.41) is 0. The summed E-state index contributed by atoms with van der Waals surface area (Å²) in [7, 11) is 3.37. The first-order valence-electron chi connectivity index (χ1n) is 9.26. The number of nitrogens with zero attached hydrogens (tertiary/aromatic N) is 2. The smallest absolute Gasteiger partial charge is 0.141 e. The fourth-order valence-electron chi connectivity index (χ4n) is 3.85. The number of imidazole rings is 1. The first kappa shape index (κ1) is 16.6. The van der Waals surface area contributed by atoms with E-state index >= 15 is 0 Å². The molecule has 4 nitrogen and oxygen atoms in total. The Bertz CT molecular complexity index is 1140. The molecule has 4 aromatic rings. The topological polar surface area (TPSA) is 36.3 Å². The molecule has 0 N–H and O–H groups in total. The molecule has 0 spiro atoms. The van der Waals surface area contributed by atoms with Crippen LogP contribution < -0.4 is 9.47 Å². The monoisotopic (exact) mass is 368 g/mol. The Kier molecular flexibility index (Phi) is 3.90. The molecule has 0 bridgehead atoms. The average molecular weight is 368 g/mol. The molecule has 0 aliphatic carbocycles. The number of aromatic nitrogens is 2. The Labute approximate surface area is 164 Å². The first-order chi connectivity index (χ1) is 13.8. The summed E-state index contributed by atoms with van der Waals surface area (Å²) in [4.78, 5) is 5.07. The van der Waals surface area contributed by atoms with Crippen molar-refractivity contribution >= 4 is 0 Å². The van der Waals surface area contributed by atoms with E-state index in [0.29, 0.717) is 0 Å². The molecule has 1 aliphatic rings. The van der Waals surface area contributed by atoms with E-state index in [1.807, 2.05) is 24.3 Å². The van der Waals surface area contributed by atoms with Gasteiger partial charge in [-0.1, -0.05) is 24.3 Å². The molecule has 3 aromatic carbocycles. The standard InChI is InChI=1S/C24H20N2O2/c1-27-19-11-7-16(8-12-19)22-23(17-9-13-20(28-2)14-10-17)26-15-18-5-3-4-6-21(18)24(26)25-22/h3-14H,15H2,1-2H3. The summed E-state index contributed by atoms with van der Waals surface area (Å²) >= 11 is 0. The molecule has 0 radical (unpaired) electrons. The van der Waals surface area contributed by atoms with Crippen molar-refractivity contribution in [2.24, 2.45) is 0 Å². The fraction of sp³-hybridized carbons (Fsp3) is 0.125. The summed E-state index contributed by atoms with van der Waals surface area (Å²) in [6.07, 6.45) is 0. The maximum atomic E-state index is 5.33. The van der Waals surface area contributed by atoms with Gasteiger partial charge in [-0.15, -0.1) is 0 Å². The number of hydrogen-bond donors (Lipinski definition) is 0. The minimum atomic E-state index is 0.829. The highest BCUT2D eigenvalue weighted by molar-refractivity contribution is 5.84. The van der Waals surface area contributed by atoms with E-state index in [2.05, 4.69) is 53.1 Å². The van der Waals surface area contributed by atoms with Crippen LogP contribution in [0.4, 0.5) is 0 Å². The van der Waals surface area contributed by atoms with Gasteiger partial charge in [0.15, 0.2) is 0 Å². The molecule has 0 unspecified atom stereocenters. The molecule has 0 atom stereocenters. The van der Waals surface area contributed by atoms with Gasteiger partial charge in [-0.2, -0.15) is 0 Å². The van der Waals surface area contributed by atoms with Gasteiger partial charge < -0.3 is 14.0 Å². The molecule has 0 saturated heterocycles. The number of methoxy groups -OCH3 is 2. The van der Waals surface area contributed by atoms with Gasteiger partial charge in [0.25, 0.3) is 0 Å². The third kappa shape index (κ3) is 2.57. The largest absolute Gasteiger partial charge is 0.497 e. The van der Waals surface area contributed by atoms with Crippen LogP contribution in [0.3, 0.4) is 0 Å². The van der Waals surface area contributed by atoms with E-state index in [-0.39, 0.29) is 0 Å². The van der Waals surface area contributed by atoms with Gasteiger partial charge in [0.1, 0.15) is 17.3 Å². The van der Waals surface area contributed by atoms with E-state index < -0.39 is 0 Å². The molecule has 4 heteroatoms. The van der Waals surface area contributed by atoms with Crippen LogP contribution in [-0.4, -0.2) is 23.8 Å². The van der Waals surface area contributed by atoms with Gasteiger partial charge in [0, 0.05) is 16.7 Å². The summed E-state index contributed by atoms with van der Waals surface area (Å²) in [5.74, 6) is 2.71. The predicted molar refractivity (Wildman–Crippen MR) is 111 cm³/mol. The van der Waals surface area contributed by atoms with Crippen LogP contribution >= 0.6 is 0 Å². The number of hydrogen-bond acceptors (Lipinski definition) is 3. The van der Waals surface area contributed by atoms with E-state index in [1.165, 1.54) is 11.1 Å². The molecule has 1 aromatic heterocycles. The van der Waals surface area contributed by atoms with Gasteiger partial charge in [0.05, 0.1) is 32.2 Å². The van der Waals surface area contributed by atoms with Gasteiger partial charge in [0.2, 0.25) is 0 Å². The Hall–Kier alpha value is -3.53. The second-order valence-corrected chi connectivity index (χ2v) is 6.83. The van der Waals surface area contributed by atoms with Crippen LogP contribution in [0, 0.1) is 0 Å². The van der Waals surface area contributed by atoms with Crippen LogP contribution in [0.25, 0.3) is 33.9 Å². The summed E-state index contributed by atoms with van der Waals surface area (Å²) in [5.41, 5.74) is 6.82. The van der Waals surface area contributed by atoms with Crippen molar-refractivity contribution in [1.29, 1.82) is 0 Å². The summed E-state index contributed by atoms with van der Waals surface area (Å²) < 4.78 is 13.0. The molecular formula is C24H20N2O2. The zero-order chi connectivity index (χ0) is 19.1. The van der Waals surface area contributed by atoms with E-state index in [9.17, 15) is 0 Å². The number of benzene rings is 3. The first-order valence-corrected chi connectivity index (χ1v) is 9.26. The maximum absolute atomic E-state index is 5.33. The quantitative estimate of drug-likeness (QED) is 0.434. The molecule has 0 amide bonds. The second kappa shape index (κ2) is 6.57. The highest BCUT2D eigenvalue weighted by Gasteiger charge is 2.27. The lowest BCUT2D eigenvalue weighted by Crippen LogP contribution is -1.97. The van der Waals surface area contributed by atoms with Crippen molar-refractivity contribution in [2.45, 2.75) is 6.54 Å². The maximum Gasteiger partial charge on any atom is 0.141 e. The van der Waals surface area contributed by atoms with Crippen molar-refractivity contribution in [3.8, 4) is 45.4 Å². The lowest BCUT2D eigenvalue weighted by molar-refractivity contribution is 0.414. The van der Waals surface area contributed by atoms with E-state index in [4.69, 9.17) is 14.5 Å². The third-order valence-electron chi connectivity index (χ3n) is 5.28. The normalized spacial score (nSPS) is 11.8. The van der Waals surface area contributed by atoms with Crippen LogP contribution in [0.15, 0.2) is 72.8 Å². The van der Waals surface area contributed by atoms with Gasteiger partial charge >= 0.3 is 0 Å². The van der Waals surface area contributed by atoms with E-state index in [1.54, 1.807) is 14.2 Å². The lowest BCUT2D eigenvalue weighted by Gasteiger charge is -2.10. The molecule has 1 aliphatic heterocycles. The zero-order valence-corrected chi connectivity index (χ0v) is 15.8. The van der Waals surface area contributed by atoms with Gasteiger partial charge in [-0.3, -0.25) is 0 Å². The number of rotatable bonds is 4. The van der Waals surface area contributed by atoms with Crippen LogP contribution in [-0.2, 0) is 6.54 Å². The summed E-state index contributed by atoms with van der Waals surface area (Å²) in [6, 6.07) is 24.8. The SMILES string of the molecule is COc1ccc(-c2nc3n(c2-c2ccc(OC)cc2)Cc2ccccc2-3)cc1. The Morgan fingerprint density at radius 2 is 1.36 bits per heavy atom. The number of fused-ring (bicyclic) bond motifs is 3. The molecular weight excluding hydrogens is 348 g/mol.